The standard InChI is InChI=1S/C18H15N3O/c19-13-14-4-3-6-16(12-14)18(22)20-9-11-21-10-8-15-5-1-2-7-17(15)21/h1-8,10,12H,9,11H2,(H,20,22). The molecule has 4 nitrogen and oxygen atoms in total. The molecule has 1 heterocycles. The Balaban J connectivity index is 1.63. The van der Waals surface area contributed by atoms with Crippen LogP contribution in [0.5, 0.6) is 0 Å². The minimum atomic E-state index is -0.159. The Kier molecular flexibility index (Phi) is 3.88. The van der Waals surface area contributed by atoms with Crippen molar-refractivity contribution in [1.82, 2.24) is 9.88 Å². The Labute approximate surface area is 128 Å². The fourth-order valence-electron chi connectivity index (χ4n) is 2.46. The second-order valence-electron chi connectivity index (χ2n) is 5.02. The van der Waals surface area contributed by atoms with Crippen LogP contribution in [0.15, 0.2) is 60.8 Å². The molecule has 0 bridgehead atoms. The van der Waals surface area contributed by atoms with Crippen molar-refractivity contribution in [1.29, 1.82) is 5.26 Å². The van der Waals surface area contributed by atoms with Gasteiger partial charge in [0.1, 0.15) is 0 Å². The van der Waals surface area contributed by atoms with E-state index in [1.54, 1.807) is 24.3 Å². The highest BCUT2D eigenvalue weighted by Crippen LogP contribution is 2.14. The zero-order valence-electron chi connectivity index (χ0n) is 12.0. The first-order valence-electron chi connectivity index (χ1n) is 7.10. The molecule has 0 saturated carbocycles. The zero-order chi connectivity index (χ0) is 15.4. The molecule has 0 aliphatic heterocycles. The molecule has 0 radical (unpaired) electrons. The van der Waals surface area contributed by atoms with Gasteiger partial charge in [0.05, 0.1) is 11.6 Å². The van der Waals surface area contributed by atoms with Gasteiger partial charge in [-0.25, -0.2) is 0 Å². The summed E-state index contributed by atoms with van der Waals surface area (Å²) in [5, 5.41) is 12.9. The number of nitriles is 1. The molecule has 3 aromatic rings. The molecule has 0 fully saturated rings. The third-order valence-corrected chi connectivity index (χ3v) is 3.57. The summed E-state index contributed by atoms with van der Waals surface area (Å²) in [4.78, 5) is 12.1. The van der Waals surface area contributed by atoms with E-state index in [4.69, 9.17) is 5.26 Å². The Bertz CT molecular complexity index is 858. The monoisotopic (exact) mass is 289 g/mol. The highest BCUT2D eigenvalue weighted by molar-refractivity contribution is 5.94. The van der Waals surface area contributed by atoms with Gasteiger partial charge in [-0.05, 0) is 35.7 Å². The summed E-state index contributed by atoms with van der Waals surface area (Å²) >= 11 is 0. The van der Waals surface area contributed by atoms with Crippen molar-refractivity contribution in [3.63, 3.8) is 0 Å². The second kappa shape index (κ2) is 6.15. The third kappa shape index (κ3) is 2.84. The number of carbonyl (C=O) groups excluding carboxylic acids is 1. The molecular weight excluding hydrogens is 274 g/mol. The van der Waals surface area contributed by atoms with Crippen molar-refractivity contribution in [3.05, 3.63) is 71.9 Å². The molecule has 0 aliphatic rings. The number of rotatable bonds is 4. The number of hydrogen-bond acceptors (Lipinski definition) is 2. The highest BCUT2D eigenvalue weighted by Gasteiger charge is 2.06. The van der Waals surface area contributed by atoms with Gasteiger partial charge in [0, 0.05) is 30.4 Å². The number of amides is 1. The molecule has 22 heavy (non-hydrogen) atoms. The first-order chi connectivity index (χ1) is 10.8. The molecule has 0 unspecified atom stereocenters. The molecule has 1 N–H and O–H groups in total. The van der Waals surface area contributed by atoms with Crippen LogP contribution in [0.25, 0.3) is 10.9 Å². The van der Waals surface area contributed by atoms with E-state index in [0.29, 0.717) is 24.2 Å². The molecular formula is C18H15N3O. The van der Waals surface area contributed by atoms with Gasteiger partial charge in [-0.15, -0.1) is 0 Å². The Morgan fingerprint density at radius 3 is 2.86 bits per heavy atom. The minimum Gasteiger partial charge on any atom is -0.350 e. The number of fused-ring (bicyclic) bond motifs is 1. The van der Waals surface area contributed by atoms with Crippen LogP contribution in [-0.4, -0.2) is 17.0 Å². The van der Waals surface area contributed by atoms with Crippen LogP contribution in [0.3, 0.4) is 0 Å². The molecule has 108 valence electrons. The summed E-state index contributed by atoms with van der Waals surface area (Å²) in [6.07, 6.45) is 2.02. The number of aromatic nitrogens is 1. The van der Waals surface area contributed by atoms with E-state index in [0.717, 1.165) is 5.52 Å². The normalized spacial score (nSPS) is 10.3. The van der Waals surface area contributed by atoms with Crippen LogP contribution in [0.2, 0.25) is 0 Å². The Hall–Kier alpha value is -3.06. The van der Waals surface area contributed by atoms with E-state index in [1.807, 2.05) is 24.4 Å². The van der Waals surface area contributed by atoms with Gasteiger partial charge in [0.2, 0.25) is 0 Å². The lowest BCUT2D eigenvalue weighted by atomic mass is 10.1. The van der Waals surface area contributed by atoms with Crippen LogP contribution >= 0.6 is 0 Å². The third-order valence-electron chi connectivity index (χ3n) is 3.57. The van der Waals surface area contributed by atoms with Crippen molar-refractivity contribution in [2.45, 2.75) is 6.54 Å². The van der Waals surface area contributed by atoms with E-state index in [-0.39, 0.29) is 5.91 Å². The molecule has 3 rings (SSSR count). The van der Waals surface area contributed by atoms with Gasteiger partial charge in [0.15, 0.2) is 0 Å². The summed E-state index contributed by atoms with van der Waals surface area (Å²) in [7, 11) is 0. The number of carbonyl (C=O) groups is 1. The molecule has 0 atom stereocenters. The number of para-hydroxylation sites is 1. The number of nitrogens with one attached hydrogen (secondary N) is 1. The van der Waals surface area contributed by atoms with Gasteiger partial charge in [0.25, 0.3) is 5.91 Å². The molecule has 1 amide bonds. The Morgan fingerprint density at radius 1 is 1.14 bits per heavy atom. The average Bonchev–Trinajstić information content (AvgIpc) is 2.98. The van der Waals surface area contributed by atoms with E-state index in [9.17, 15) is 4.79 Å². The van der Waals surface area contributed by atoms with Crippen molar-refractivity contribution < 1.29 is 4.79 Å². The number of nitrogens with zero attached hydrogens (tertiary/aromatic N) is 2. The van der Waals surface area contributed by atoms with Gasteiger partial charge >= 0.3 is 0 Å². The lowest BCUT2D eigenvalue weighted by Crippen LogP contribution is -2.27. The van der Waals surface area contributed by atoms with Crippen LogP contribution in [-0.2, 0) is 6.54 Å². The van der Waals surface area contributed by atoms with Crippen LogP contribution < -0.4 is 5.32 Å². The average molecular weight is 289 g/mol. The maximum absolute atomic E-state index is 12.1. The van der Waals surface area contributed by atoms with E-state index in [1.165, 1.54) is 5.39 Å². The maximum Gasteiger partial charge on any atom is 0.251 e. The summed E-state index contributed by atoms with van der Waals surface area (Å²) in [6, 6.07) is 19.0. The number of hydrogen-bond donors (Lipinski definition) is 1. The van der Waals surface area contributed by atoms with Crippen molar-refractivity contribution in [2.24, 2.45) is 0 Å². The minimum absolute atomic E-state index is 0.159. The smallest absolute Gasteiger partial charge is 0.251 e. The number of benzene rings is 2. The predicted molar refractivity (Wildman–Crippen MR) is 85.4 cm³/mol. The summed E-state index contributed by atoms with van der Waals surface area (Å²) in [5.74, 6) is -0.159. The highest BCUT2D eigenvalue weighted by atomic mass is 16.1. The Morgan fingerprint density at radius 2 is 2.00 bits per heavy atom. The largest absolute Gasteiger partial charge is 0.350 e. The summed E-state index contributed by atoms with van der Waals surface area (Å²) in [5.41, 5.74) is 2.16. The molecule has 0 aliphatic carbocycles. The van der Waals surface area contributed by atoms with Crippen molar-refractivity contribution in [3.8, 4) is 6.07 Å². The van der Waals surface area contributed by atoms with E-state index >= 15 is 0 Å². The quantitative estimate of drug-likeness (QED) is 0.802. The molecule has 4 heteroatoms. The lowest BCUT2D eigenvalue weighted by Gasteiger charge is -2.08. The van der Waals surface area contributed by atoms with E-state index < -0.39 is 0 Å². The van der Waals surface area contributed by atoms with Crippen LogP contribution in [0.1, 0.15) is 15.9 Å². The van der Waals surface area contributed by atoms with Gasteiger partial charge in [-0.2, -0.15) is 5.26 Å². The SMILES string of the molecule is N#Cc1cccc(C(=O)NCCn2ccc3ccccc32)c1. The molecule has 1 aromatic heterocycles. The topological polar surface area (TPSA) is 57.8 Å². The van der Waals surface area contributed by atoms with Crippen molar-refractivity contribution in [2.75, 3.05) is 6.54 Å². The summed E-state index contributed by atoms with van der Waals surface area (Å²) < 4.78 is 2.11. The van der Waals surface area contributed by atoms with Gasteiger partial charge < -0.3 is 9.88 Å². The van der Waals surface area contributed by atoms with Crippen molar-refractivity contribution >= 4 is 16.8 Å². The van der Waals surface area contributed by atoms with Crippen LogP contribution in [0.4, 0.5) is 0 Å². The van der Waals surface area contributed by atoms with E-state index in [2.05, 4.69) is 28.1 Å². The first-order valence-corrected chi connectivity index (χ1v) is 7.10. The first kappa shape index (κ1) is 13.9. The lowest BCUT2D eigenvalue weighted by molar-refractivity contribution is 0.0952. The maximum atomic E-state index is 12.1. The second-order valence-corrected chi connectivity index (χ2v) is 5.02. The molecule has 2 aromatic carbocycles. The summed E-state index contributed by atoms with van der Waals surface area (Å²) in [6.45, 7) is 1.24. The predicted octanol–water partition coefficient (Wildman–Crippen LogP) is 2.94. The van der Waals surface area contributed by atoms with Gasteiger partial charge in [-0.1, -0.05) is 24.3 Å². The molecule has 0 spiro atoms. The zero-order valence-corrected chi connectivity index (χ0v) is 12.0. The molecule has 0 saturated heterocycles. The van der Waals surface area contributed by atoms with Crippen LogP contribution in [0, 0.1) is 11.3 Å². The fraction of sp³-hybridized carbons (Fsp3) is 0.111. The fourth-order valence-corrected chi connectivity index (χ4v) is 2.46. The van der Waals surface area contributed by atoms with Gasteiger partial charge in [-0.3, -0.25) is 4.79 Å².